The number of carbonyl (C=O) groups is 1. The Morgan fingerprint density at radius 2 is 1.93 bits per heavy atom. The molecule has 0 heterocycles. The Morgan fingerprint density at radius 1 is 1.27 bits per heavy atom. The highest BCUT2D eigenvalue weighted by atomic mass is 16.5. The minimum atomic E-state index is -0.440. The van der Waals surface area contributed by atoms with E-state index < -0.39 is 5.91 Å². The zero-order valence-electron chi connectivity index (χ0n) is 8.35. The highest BCUT2D eigenvalue weighted by molar-refractivity contribution is 5.92. The number of ether oxygens (including phenoxy) is 1. The first-order chi connectivity index (χ1) is 7.24. The van der Waals surface area contributed by atoms with Crippen molar-refractivity contribution >= 4 is 5.91 Å². The largest absolute Gasteiger partial charge is 0.490 e. The number of hydrogen-bond acceptors (Lipinski definition) is 3. The average molecular weight is 206 g/mol. The normalized spacial score (nSPS) is 10.5. The molecule has 0 unspecified atom stereocenters. The quantitative estimate of drug-likeness (QED) is 0.695. The van der Waals surface area contributed by atoms with Gasteiger partial charge in [-0.3, -0.25) is 4.79 Å². The molecular formula is C11H14N2O2. The van der Waals surface area contributed by atoms with Crippen LogP contribution in [0.3, 0.4) is 0 Å². The lowest BCUT2D eigenvalue weighted by molar-refractivity contribution is 0.100. The van der Waals surface area contributed by atoms with Crippen molar-refractivity contribution < 1.29 is 9.53 Å². The molecule has 4 N–H and O–H groups in total. The van der Waals surface area contributed by atoms with E-state index in [1.807, 2.05) is 12.2 Å². The molecule has 15 heavy (non-hydrogen) atoms. The summed E-state index contributed by atoms with van der Waals surface area (Å²) in [5.41, 5.74) is 10.8. The monoisotopic (exact) mass is 206 g/mol. The topological polar surface area (TPSA) is 78.3 Å². The van der Waals surface area contributed by atoms with Crippen molar-refractivity contribution in [2.45, 2.75) is 0 Å². The lowest BCUT2D eigenvalue weighted by Crippen LogP contribution is -2.10. The van der Waals surface area contributed by atoms with Crippen LogP contribution in [0.1, 0.15) is 10.4 Å². The molecule has 0 aliphatic heterocycles. The van der Waals surface area contributed by atoms with Gasteiger partial charge in [0.25, 0.3) is 0 Å². The molecular weight excluding hydrogens is 192 g/mol. The van der Waals surface area contributed by atoms with Gasteiger partial charge in [-0.1, -0.05) is 12.2 Å². The van der Waals surface area contributed by atoms with Crippen molar-refractivity contribution in [3.8, 4) is 5.75 Å². The molecule has 80 valence electrons. The Morgan fingerprint density at radius 3 is 2.47 bits per heavy atom. The zero-order chi connectivity index (χ0) is 11.1. The summed E-state index contributed by atoms with van der Waals surface area (Å²) < 4.78 is 5.35. The molecule has 0 atom stereocenters. The maximum absolute atomic E-state index is 10.8. The molecule has 0 aromatic heterocycles. The lowest BCUT2D eigenvalue weighted by atomic mass is 10.2. The van der Waals surface area contributed by atoms with E-state index in [0.717, 1.165) is 0 Å². The molecule has 0 radical (unpaired) electrons. The molecule has 0 fully saturated rings. The van der Waals surface area contributed by atoms with Gasteiger partial charge in [0.15, 0.2) is 0 Å². The third kappa shape index (κ3) is 3.83. The van der Waals surface area contributed by atoms with Crippen LogP contribution in [0.4, 0.5) is 0 Å². The van der Waals surface area contributed by atoms with E-state index in [1.54, 1.807) is 24.3 Å². The number of carbonyl (C=O) groups excluding carboxylic acids is 1. The van der Waals surface area contributed by atoms with Crippen molar-refractivity contribution in [2.75, 3.05) is 13.2 Å². The Kier molecular flexibility index (Phi) is 4.37. The van der Waals surface area contributed by atoms with Crippen molar-refractivity contribution in [1.29, 1.82) is 0 Å². The van der Waals surface area contributed by atoms with E-state index in [-0.39, 0.29) is 0 Å². The molecule has 1 rings (SSSR count). The summed E-state index contributed by atoms with van der Waals surface area (Å²) in [7, 11) is 0. The van der Waals surface area contributed by atoms with Crippen LogP contribution in [0.5, 0.6) is 5.75 Å². The molecule has 1 aromatic carbocycles. The van der Waals surface area contributed by atoms with E-state index in [2.05, 4.69) is 0 Å². The van der Waals surface area contributed by atoms with Crippen LogP contribution in [0.2, 0.25) is 0 Å². The Balaban J connectivity index is 2.50. The van der Waals surface area contributed by atoms with Crippen LogP contribution in [0, 0.1) is 0 Å². The third-order valence-electron chi connectivity index (χ3n) is 1.79. The van der Waals surface area contributed by atoms with Gasteiger partial charge in [-0.05, 0) is 24.3 Å². The fourth-order valence-corrected chi connectivity index (χ4v) is 1.02. The van der Waals surface area contributed by atoms with Crippen molar-refractivity contribution in [1.82, 2.24) is 0 Å². The van der Waals surface area contributed by atoms with Crippen molar-refractivity contribution in [2.24, 2.45) is 11.5 Å². The van der Waals surface area contributed by atoms with Crippen molar-refractivity contribution in [3.63, 3.8) is 0 Å². The maximum atomic E-state index is 10.8. The molecule has 0 saturated heterocycles. The summed E-state index contributed by atoms with van der Waals surface area (Å²) >= 11 is 0. The molecule has 0 bridgehead atoms. The van der Waals surface area contributed by atoms with Crippen LogP contribution < -0.4 is 16.2 Å². The predicted octanol–water partition coefficient (Wildman–Crippen LogP) is 0.679. The summed E-state index contributed by atoms with van der Waals surface area (Å²) in [5.74, 6) is 0.256. The second-order valence-corrected chi connectivity index (χ2v) is 2.91. The Labute approximate surface area is 88.5 Å². The average Bonchev–Trinajstić information content (AvgIpc) is 2.25. The molecule has 0 aliphatic carbocycles. The Bertz CT molecular complexity index is 344. The summed E-state index contributed by atoms with van der Waals surface area (Å²) in [6, 6.07) is 6.67. The second-order valence-electron chi connectivity index (χ2n) is 2.91. The van der Waals surface area contributed by atoms with Gasteiger partial charge in [-0.2, -0.15) is 0 Å². The first-order valence-corrected chi connectivity index (χ1v) is 4.62. The minimum absolute atomic E-state index is 0.440. The molecule has 0 spiro atoms. The van der Waals surface area contributed by atoms with Crippen molar-refractivity contribution in [3.05, 3.63) is 42.0 Å². The number of rotatable bonds is 5. The summed E-state index contributed by atoms with van der Waals surface area (Å²) in [6.45, 7) is 0.969. The fourth-order valence-electron chi connectivity index (χ4n) is 1.02. The molecule has 4 nitrogen and oxygen atoms in total. The van der Waals surface area contributed by atoms with E-state index in [9.17, 15) is 4.79 Å². The smallest absolute Gasteiger partial charge is 0.248 e. The van der Waals surface area contributed by atoms with Gasteiger partial charge in [-0.15, -0.1) is 0 Å². The molecule has 4 heteroatoms. The minimum Gasteiger partial charge on any atom is -0.490 e. The molecule has 0 aliphatic rings. The number of benzene rings is 1. The molecule has 1 aromatic rings. The van der Waals surface area contributed by atoms with Crippen LogP contribution >= 0.6 is 0 Å². The van der Waals surface area contributed by atoms with Crippen LogP contribution in [-0.4, -0.2) is 19.1 Å². The summed E-state index contributed by atoms with van der Waals surface area (Å²) in [5, 5.41) is 0. The molecule has 1 amide bonds. The van der Waals surface area contributed by atoms with Crippen LogP contribution in [0.25, 0.3) is 0 Å². The van der Waals surface area contributed by atoms with Crippen LogP contribution in [0.15, 0.2) is 36.4 Å². The van der Waals surface area contributed by atoms with Gasteiger partial charge >= 0.3 is 0 Å². The summed E-state index contributed by atoms with van der Waals surface area (Å²) in [4.78, 5) is 10.8. The van der Waals surface area contributed by atoms with Gasteiger partial charge in [0.2, 0.25) is 5.91 Å². The predicted molar refractivity (Wildman–Crippen MR) is 58.6 cm³/mol. The lowest BCUT2D eigenvalue weighted by Gasteiger charge is -2.03. The van der Waals surface area contributed by atoms with E-state index in [0.29, 0.717) is 24.5 Å². The number of nitrogens with two attached hydrogens (primary N) is 2. The first kappa shape index (κ1) is 11.3. The first-order valence-electron chi connectivity index (χ1n) is 4.62. The standard InChI is InChI=1S/C11H14N2O2/c12-7-1-2-8-15-10-5-3-9(4-6-10)11(13)14/h1-6H,7-8,12H2,(H2,13,14). The highest BCUT2D eigenvalue weighted by Gasteiger charge is 1.99. The maximum Gasteiger partial charge on any atom is 0.248 e. The van der Waals surface area contributed by atoms with Crippen LogP contribution in [-0.2, 0) is 0 Å². The Hall–Kier alpha value is -1.81. The van der Waals surface area contributed by atoms with E-state index >= 15 is 0 Å². The van der Waals surface area contributed by atoms with E-state index in [1.165, 1.54) is 0 Å². The number of amides is 1. The van der Waals surface area contributed by atoms with Gasteiger partial charge in [-0.25, -0.2) is 0 Å². The van der Waals surface area contributed by atoms with Gasteiger partial charge < -0.3 is 16.2 Å². The second kappa shape index (κ2) is 5.82. The number of hydrogen-bond donors (Lipinski definition) is 2. The third-order valence-corrected chi connectivity index (χ3v) is 1.79. The zero-order valence-corrected chi connectivity index (χ0v) is 8.35. The summed E-state index contributed by atoms with van der Waals surface area (Å²) in [6.07, 6.45) is 3.65. The van der Waals surface area contributed by atoms with Gasteiger partial charge in [0, 0.05) is 12.1 Å². The fraction of sp³-hybridized carbons (Fsp3) is 0.182. The number of primary amides is 1. The van der Waals surface area contributed by atoms with Gasteiger partial charge in [0.05, 0.1) is 0 Å². The van der Waals surface area contributed by atoms with E-state index in [4.69, 9.17) is 16.2 Å². The highest BCUT2D eigenvalue weighted by Crippen LogP contribution is 2.11. The SMILES string of the molecule is NCC=CCOc1ccc(C(N)=O)cc1. The molecule has 0 saturated carbocycles. The van der Waals surface area contributed by atoms with Gasteiger partial charge in [0.1, 0.15) is 12.4 Å².